The van der Waals surface area contributed by atoms with E-state index in [1.165, 1.54) is 12.4 Å². The molecule has 2 heterocycles. The van der Waals surface area contributed by atoms with Gasteiger partial charge in [0.05, 0.1) is 5.02 Å². The SMILES string of the molecule is Nc1c(NNC(=O)COc2ccc(Cl)cc2Cl)ncnc1N1CCCC1. The first-order valence-electron chi connectivity index (χ1n) is 8.02. The quantitative estimate of drug-likeness (QED) is 0.643. The number of rotatable bonds is 6. The normalized spacial score (nSPS) is 13.5. The van der Waals surface area contributed by atoms with Crippen LogP contribution in [0.4, 0.5) is 17.3 Å². The fourth-order valence-corrected chi connectivity index (χ4v) is 3.03. The summed E-state index contributed by atoms with van der Waals surface area (Å²) >= 11 is 11.8. The number of nitrogens with zero attached hydrogens (tertiary/aromatic N) is 3. The average Bonchev–Trinajstić information content (AvgIpc) is 3.14. The average molecular weight is 397 g/mol. The minimum Gasteiger partial charge on any atom is -0.482 e. The van der Waals surface area contributed by atoms with Crippen LogP contribution in [0.3, 0.4) is 0 Å². The van der Waals surface area contributed by atoms with Crippen molar-refractivity contribution in [2.75, 3.05) is 35.8 Å². The van der Waals surface area contributed by atoms with Gasteiger partial charge in [0.25, 0.3) is 5.91 Å². The van der Waals surface area contributed by atoms with Gasteiger partial charge >= 0.3 is 0 Å². The summed E-state index contributed by atoms with van der Waals surface area (Å²) in [7, 11) is 0. The van der Waals surface area contributed by atoms with Crippen molar-refractivity contribution in [3.8, 4) is 5.75 Å². The number of hydrogen-bond acceptors (Lipinski definition) is 7. The molecule has 1 saturated heterocycles. The number of nitrogens with one attached hydrogen (secondary N) is 2. The number of ether oxygens (including phenoxy) is 1. The molecule has 0 atom stereocenters. The van der Waals surface area contributed by atoms with Crippen molar-refractivity contribution in [3.63, 3.8) is 0 Å². The Morgan fingerprint density at radius 3 is 2.77 bits per heavy atom. The van der Waals surface area contributed by atoms with Crippen molar-refractivity contribution < 1.29 is 9.53 Å². The number of carbonyl (C=O) groups is 1. The molecule has 138 valence electrons. The lowest BCUT2D eigenvalue weighted by Gasteiger charge is -2.19. The number of halogens is 2. The van der Waals surface area contributed by atoms with E-state index in [9.17, 15) is 4.79 Å². The highest BCUT2D eigenvalue weighted by Gasteiger charge is 2.18. The lowest BCUT2D eigenvalue weighted by atomic mass is 10.3. The third kappa shape index (κ3) is 4.39. The highest BCUT2D eigenvalue weighted by atomic mass is 35.5. The number of nitrogens with two attached hydrogens (primary N) is 1. The molecule has 1 aliphatic rings. The number of anilines is 3. The smallest absolute Gasteiger partial charge is 0.276 e. The second kappa shape index (κ2) is 8.29. The Morgan fingerprint density at radius 1 is 1.27 bits per heavy atom. The molecule has 1 amide bonds. The number of benzene rings is 1. The maximum absolute atomic E-state index is 12.0. The van der Waals surface area contributed by atoms with Crippen LogP contribution in [0.25, 0.3) is 0 Å². The standard InChI is InChI=1S/C16H18Cl2N6O2/c17-10-3-4-12(11(18)7-10)26-8-13(25)22-23-15-14(19)16(21-9-20-15)24-5-1-2-6-24/h3-4,7,9H,1-2,5-6,8,19H2,(H,22,25)(H,20,21,23). The molecule has 1 fully saturated rings. The van der Waals surface area contributed by atoms with Gasteiger partial charge in [0.2, 0.25) is 0 Å². The fraction of sp³-hybridized carbons (Fsp3) is 0.312. The molecule has 0 saturated carbocycles. The molecule has 4 N–H and O–H groups in total. The van der Waals surface area contributed by atoms with Crippen molar-refractivity contribution in [2.45, 2.75) is 12.8 Å². The van der Waals surface area contributed by atoms with Crippen LogP contribution < -0.4 is 26.2 Å². The molecule has 0 aliphatic carbocycles. The zero-order valence-electron chi connectivity index (χ0n) is 13.8. The topological polar surface area (TPSA) is 105 Å². The van der Waals surface area contributed by atoms with Gasteiger partial charge in [0, 0.05) is 18.1 Å². The summed E-state index contributed by atoms with van der Waals surface area (Å²) in [6.45, 7) is 1.57. The summed E-state index contributed by atoms with van der Waals surface area (Å²) in [5.41, 5.74) is 11.7. The van der Waals surface area contributed by atoms with Crippen LogP contribution in [0.15, 0.2) is 24.5 Å². The first-order valence-corrected chi connectivity index (χ1v) is 8.78. The van der Waals surface area contributed by atoms with E-state index >= 15 is 0 Å². The zero-order valence-corrected chi connectivity index (χ0v) is 15.3. The van der Waals surface area contributed by atoms with E-state index in [0.717, 1.165) is 25.9 Å². The number of carbonyl (C=O) groups excluding carboxylic acids is 1. The van der Waals surface area contributed by atoms with Gasteiger partial charge in [0.15, 0.2) is 18.2 Å². The Balaban J connectivity index is 1.55. The van der Waals surface area contributed by atoms with E-state index in [4.69, 9.17) is 33.7 Å². The second-order valence-corrected chi connectivity index (χ2v) is 6.53. The summed E-state index contributed by atoms with van der Waals surface area (Å²) in [6, 6.07) is 4.76. The van der Waals surface area contributed by atoms with Crippen LogP contribution in [0.2, 0.25) is 10.0 Å². The van der Waals surface area contributed by atoms with E-state index in [-0.39, 0.29) is 6.61 Å². The van der Waals surface area contributed by atoms with Gasteiger partial charge in [-0.15, -0.1) is 0 Å². The molecule has 2 aromatic rings. The third-order valence-electron chi connectivity index (χ3n) is 3.84. The number of hydrogen-bond donors (Lipinski definition) is 3. The summed E-state index contributed by atoms with van der Waals surface area (Å²) in [4.78, 5) is 22.3. The first-order chi connectivity index (χ1) is 12.5. The molecule has 0 spiro atoms. The van der Waals surface area contributed by atoms with Gasteiger partial charge in [-0.3, -0.25) is 15.6 Å². The Kier molecular flexibility index (Phi) is 5.85. The fourth-order valence-electron chi connectivity index (χ4n) is 2.57. The predicted molar refractivity (Wildman–Crippen MR) is 102 cm³/mol. The molecule has 0 bridgehead atoms. The molecule has 1 aliphatic heterocycles. The molecule has 1 aromatic heterocycles. The van der Waals surface area contributed by atoms with Crippen molar-refractivity contribution in [2.24, 2.45) is 0 Å². The maximum atomic E-state index is 12.0. The Hall–Kier alpha value is -2.45. The van der Waals surface area contributed by atoms with Crippen molar-refractivity contribution in [1.82, 2.24) is 15.4 Å². The van der Waals surface area contributed by atoms with Crippen LogP contribution in [0, 0.1) is 0 Å². The van der Waals surface area contributed by atoms with E-state index < -0.39 is 5.91 Å². The van der Waals surface area contributed by atoms with Gasteiger partial charge in [-0.2, -0.15) is 0 Å². The van der Waals surface area contributed by atoms with Crippen LogP contribution in [0.5, 0.6) is 5.75 Å². The van der Waals surface area contributed by atoms with Crippen LogP contribution >= 0.6 is 23.2 Å². The van der Waals surface area contributed by atoms with Gasteiger partial charge in [-0.25, -0.2) is 9.97 Å². The third-order valence-corrected chi connectivity index (χ3v) is 4.37. The van der Waals surface area contributed by atoms with Crippen LogP contribution in [-0.2, 0) is 4.79 Å². The number of amides is 1. The lowest BCUT2D eigenvalue weighted by Crippen LogP contribution is -2.34. The van der Waals surface area contributed by atoms with Gasteiger partial charge < -0.3 is 15.4 Å². The maximum Gasteiger partial charge on any atom is 0.276 e. The number of nitrogen functional groups attached to an aromatic ring is 1. The second-order valence-electron chi connectivity index (χ2n) is 5.69. The zero-order chi connectivity index (χ0) is 18.5. The molecular formula is C16H18Cl2N6O2. The lowest BCUT2D eigenvalue weighted by molar-refractivity contribution is -0.122. The molecule has 0 radical (unpaired) electrons. The van der Waals surface area contributed by atoms with E-state index in [0.29, 0.717) is 33.1 Å². The Bertz CT molecular complexity index is 798. The minimum atomic E-state index is -0.420. The highest BCUT2D eigenvalue weighted by Crippen LogP contribution is 2.28. The van der Waals surface area contributed by atoms with Crippen LogP contribution in [0.1, 0.15) is 12.8 Å². The van der Waals surface area contributed by atoms with Crippen molar-refractivity contribution in [3.05, 3.63) is 34.6 Å². The molecule has 1 aromatic carbocycles. The molecule has 26 heavy (non-hydrogen) atoms. The van der Waals surface area contributed by atoms with Gasteiger partial charge in [0.1, 0.15) is 17.8 Å². The van der Waals surface area contributed by atoms with E-state index in [1.807, 2.05) is 0 Å². The Labute approximate surface area is 160 Å². The molecule has 8 nitrogen and oxygen atoms in total. The molecule has 3 rings (SSSR count). The summed E-state index contributed by atoms with van der Waals surface area (Å²) in [6.07, 6.45) is 3.61. The van der Waals surface area contributed by atoms with Crippen LogP contribution in [-0.4, -0.2) is 35.6 Å². The number of hydrazine groups is 1. The largest absolute Gasteiger partial charge is 0.482 e. The molecular weight excluding hydrogens is 379 g/mol. The minimum absolute atomic E-state index is 0.238. The van der Waals surface area contributed by atoms with Gasteiger partial charge in [-0.05, 0) is 31.0 Å². The monoisotopic (exact) mass is 396 g/mol. The van der Waals surface area contributed by atoms with Gasteiger partial charge in [-0.1, -0.05) is 23.2 Å². The first kappa shape index (κ1) is 18.3. The highest BCUT2D eigenvalue weighted by molar-refractivity contribution is 6.35. The molecule has 0 unspecified atom stereocenters. The Morgan fingerprint density at radius 2 is 2.04 bits per heavy atom. The van der Waals surface area contributed by atoms with Crippen molar-refractivity contribution >= 4 is 46.4 Å². The van der Waals surface area contributed by atoms with Crippen molar-refractivity contribution in [1.29, 1.82) is 0 Å². The summed E-state index contributed by atoms with van der Waals surface area (Å²) < 4.78 is 5.36. The number of aromatic nitrogens is 2. The van der Waals surface area contributed by atoms with E-state index in [1.54, 1.807) is 12.1 Å². The summed E-state index contributed by atoms with van der Waals surface area (Å²) in [5.74, 6) is 0.944. The summed E-state index contributed by atoms with van der Waals surface area (Å²) in [5, 5.41) is 0.815. The molecule has 10 heteroatoms. The van der Waals surface area contributed by atoms with E-state index in [2.05, 4.69) is 25.7 Å². The predicted octanol–water partition coefficient (Wildman–Crippen LogP) is 2.49.